The molecule has 0 saturated carbocycles. The number of nitrogens with zero attached hydrogens (tertiary/aromatic N) is 2. The monoisotopic (exact) mass is 164 g/mol. The van der Waals surface area contributed by atoms with Crippen molar-refractivity contribution in [3.8, 4) is 0 Å². The van der Waals surface area contributed by atoms with Crippen LogP contribution in [-0.2, 0) is 0 Å². The summed E-state index contributed by atoms with van der Waals surface area (Å²) in [4.78, 5) is 0. The van der Waals surface area contributed by atoms with Gasteiger partial charge in [-0.05, 0) is 11.1 Å². The number of benzene rings is 1. The Morgan fingerprint density at radius 1 is 0.833 bits per heavy atom. The number of oxime groups is 2. The van der Waals surface area contributed by atoms with Gasteiger partial charge in [0, 0.05) is 0 Å². The molecule has 0 aromatic heterocycles. The van der Waals surface area contributed by atoms with E-state index in [1.165, 1.54) is 12.4 Å². The Labute approximate surface area is 69.4 Å². The molecule has 1 rings (SSSR count). The molecule has 0 spiro atoms. The Balaban J connectivity index is 2.85. The van der Waals surface area contributed by atoms with Gasteiger partial charge in [0.15, 0.2) is 0 Å². The summed E-state index contributed by atoms with van der Waals surface area (Å²) < 4.78 is 0. The fraction of sp³-hybridized carbons (Fsp3) is 0. The Kier molecular flexibility index (Phi) is 2.84. The lowest BCUT2D eigenvalue weighted by Crippen LogP contribution is -1.83. The second-order valence-electron chi connectivity index (χ2n) is 2.16. The third-order valence-corrected chi connectivity index (χ3v) is 1.35. The van der Waals surface area contributed by atoms with Crippen molar-refractivity contribution < 1.29 is 10.4 Å². The summed E-state index contributed by atoms with van der Waals surface area (Å²) in [6, 6.07) is 6.99. The van der Waals surface area contributed by atoms with Crippen LogP contribution in [0.25, 0.3) is 0 Å². The van der Waals surface area contributed by atoms with Crippen molar-refractivity contribution >= 4 is 12.4 Å². The summed E-state index contributed by atoms with van der Waals surface area (Å²) in [5.74, 6) is 0. The van der Waals surface area contributed by atoms with Gasteiger partial charge in [0.2, 0.25) is 0 Å². The van der Waals surface area contributed by atoms with E-state index >= 15 is 0 Å². The van der Waals surface area contributed by atoms with Gasteiger partial charge in [-0.2, -0.15) is 0 Å². The van der Waals surface area contributed by atoms with E-state index in [0.29, 0.717) is 0 Å². The van der Waals surface area contributed by atoms with Crippen molar-refractivity contribution in [3.05, 3.63) is 35.4 Å². The van der Waals surface area contributed by atoms with E-state index < -0.39 is 0 Å². The first-order chi connectivity index (χ1) is 5.86. The van der Waals surface area contributed by atoms with Crippen LogP contribution in [0.3, 0.4) is 0 Å². The highest BCUT2D eigenvalue weighted by Crippen LogP contribution is 1.99. The van der Waals surface area contributed by atoms with Crippen LogP contribution >= 0.6 is 0 Å². The second-order valence-corrected chi connectivity index (χ2v) is 2.16. The Bertz CT molecular complexity index is 259. The molecule has 0 atom stereocenters. The van der Waals surface area contributed by atoms with Crippen LogP contribution in [0, 0.1) is 0 Å². The average Bonchev–Trinajstić information content (AvgIpc) is 2.09. The SMILES string of the molecule is O/N=C/c1ccc(/C=N/O)cc1. The average molecular weight is 164 g/mol. The van der Waals surface area contributed by atoms with Crippen molar-refractivity contribution in [1.29, 1.82) is 0 Å². The fourth-order valence-electron chi connectivity index (χ4n) is 0.801. The standard InChI is InChI=1S/C8H8N2O2/c11-9-5-7-1-2-8(4-3-7)6-10-12/h1-6,11-12H/b9-5+,10-6+. The number of hydrogen-bond donors (Lipinski definition) is 2. The van der Waals surface area contributed by atoms with E-state index in [1.54, 1.807) is 24.3 Å². The lowest BCUT2D eigenvalue weighted by Gasteiger charge is -1.92. The molecule has 2 N–H and O–H groups in total. The molecule has 4 heteroatoms. The maximum absolute atomic E-state index is 8.20. The smallest absolute Gasteiger partial charge is 0.0733 e. The highest BCUT2D eigenvalue weighted by molar-refractivity contribution is 5.83. The fourth-order valence-corrected chi connectivity index (χ4v) is 0.801. The van der Waals surface area contributed by atoms with Crippen molar-refractivity contribution in [2.45, 2.75) is 0 Å². The predicted octanol–water partition coefficient (Wildman–Crippen LogP) is 1.30. The molecule has 0 saturated heterocycles. The highest BCUT2D eigenvalue weighted by Gasteiger charge is 1.88. The van der Waals surface area contributed by atoms with Gasteiger partial charge in [0.1, 0.15) is 0 Å². The third kappa shape index (κ3) is 2.09. The van der Waals surface area contributed by atoms with Crippen LogP contribution in [-0.4, -0.2) is 22.8 Å². The summed E-state index contributed by atoms with van der Waals surface area (Å²) in [6.45, 7) is 0. The Hall–Kier alpha value is -1.84. The van der Waals surface area contributed by atoms with E-state index in [-0.39, 0.29) is 0 Å². The zero-order valence-electron chi connectivity index (χ0n) is 6.25. The number of hydrogen-bond acceptors (Lipinski definition) is 4. The molecular formula is C8H8N2O2. The van der Waals surface area contributed by atoms with Gasteiger partial charge in [0.05, 0.1) is 12.4 Å². The van der Waals surface area contributed by atoms with Crippen LogP contribution in [0.4, 0.5) is 0 Å². The van der Waals surface area contributed by atoms with Gasteiger partial charge >= 0.3 is 0 Å². The minimum absolute atomic E-state index is 0.785. The highest BCUT2D eigenvalue weighted by atomic mass is 16.4. The molecule has 1 aromatic rings. The third-order valence-electron chi connectivity index (χ3n) is 1.35. The minimum Gasteiger partial charge on any atom is -0.411 e. The van der Waals surface area contributed by atoms with Crippen LogP contribution in [0.15, 0.2) is 34.6 Å². The van der Waals surface area contributed by atoms with Gasteiger partial charge in [-0.15, -0.1) is 0 Å². The summed E-state index contributed by atoms with van der Waals surface area (Å²) in [5, 5.41) is 22.1. The predicted molar refractivity (Wildman–Crippen MR) is 45.2 cm³/mol. The Morgan fingerprint density at radius 3 is 1.42 bits per heavy atom. The molecule has 0 bridgehead atoms. The zero-order valence-corrected chi connectivity index (χ0v) is 6.25. The van der Waals surface area contributed by atoms with Gasteiger partial charge in [-0.1, -0.05) is 34.6 Å². The molecule has 4 nitrogen and oxygen atoms in total. The maximum atomic E-state index is 8.20. The molecule has 0 heterocycles. The summed E-state index contributed by atoms with van der Waals surface area (Å²) in [6.07, 6.45) is 2.64. The molecule has 1 aromatic carbocycles. The van der Waals surface area contributed by atoms with Gasteiger partial charge in [0.25, 0.3) is 0 Å². The van der Waals surface area contributed by atoms with E-state index in [2.05, 4.69) is 10.3 Å². The van der Waals surface area contributed by atoms with Crippen LogP contribution in [0.2, 0.25) is 0 Å². The van der Waals surface area contributed by atoms with E-state index in [0.717, 1.165) is 11.1 Å². The quantitative estimate of drug-likeness (QED) is 0.393. The van der Waals surface area contributed by atoms with E-state index in [1.807, 2.05) is 0 Å². The topological polar surface area (TPSA) is 65.2 Å². The van der Waals surface area contributed by atoms with Gasteiger partial charge in [-0.3, -0.25) is 0 Å². The molecule has 0 radical (unpaired) electrons. The van der Waals surface area contributed by atoms with Crippen molar-refractivity contribution in [3.63, 3.8) is 0 Å². The van der Waals surface area contributed by atoms with Gasteiger partial charge in [-0.25, -0.2) is 0 Å². The van der Waals surface area contributed by atoms with Crippen LogP contribution < -0.4 is 0 Å². The summed E-state index contributed by atoms with van der Waals surface area (Å²) in [7, 11) is 0. The maximum Gasteiger partial charge on any atom is 0.0733 e. The normalized spacial score (nSPS) is 11.3. The molecule has 0 aliphatic carbocycles. The molecule has 0 aliphatic heterocycles. The number of rotatable bonds is 2. The van der Waals surface area contributed by atoms with E-state index in [9.17, 15) is 0 Å². The first-order valence-electron chi connectivity index (χ1n) is 3.32. The first-order valence-corrected chi connectivity index (χ1v) is 3.32. The summed E-state index contributed by atoms with van der Waals surface area (Å²) >= 11 is 0. The summed E-state index contributed by atoms with van der Waals surface area (Å²) in [5.41, 5.74) is 1.57. The molecule has 0 fully saturated rings. The van der Waals surface area contributed by atoms with Crippen LogP contribution in [0.1, 0.15) is 11.1 Å². The van der Waals surface area contributed by atoms with Crippen molar-refractivity contribution in [2.24, 2.45) is 10.3 Å². The molecule has 62 valence electrons. The van der Waals surface area contributed by atoms with Crippen LogP contribution in [0.5, 0.6) is 0 Å². The minimum atomic E-state index is 0.785. The molecule has 0 amide bonds. The molecule has 0 aliphatic rings. The molecule has 12 heavy (non-hydrogen) atoms. The van der Waals surface area contributed by atoms with Gasteiger partial charge < -0.3 is 10.4 Å². The zero-order chi connectivity index (χ0) is 8.81. The molecular weight excluding hydrogens is 156 g/mol. The van der Waals surface area contributed by atoms with Crippen molar-refractivity contribution in [1.82, 2.24) is 0 Å². The lowest BCUT2D eigenvalue weighted by atomic mass is 10.2. The lowest BCUT2D eigenvalue weighted by molar-refractivity contribution is 0.321. The van der Waals surface area contributed by atoms with Crippen molar-refractivity contribution in [2.75, 3.05) is 0 Å². The molecule has 0 unspecified atom stereocenters. The second kappa shape index (κ2) is 4.12. The van der Waals surface area contributed by atoms with E-state index in [4.69, 9.17) is 10.4 Å². The largest absolute Gasteiger partial charge is 0.411 e. The first kappa shape index (κ1) is 8.26. The Morgan fingerprint density at radius 2 is 1.17 bits per heavy atom.